The number of carbonyl (C=O) groups is 1. The molecule has 0 radical (unpaired) electrons. The molecule has 0 aromatic heterocycles. The molecule has 0 saturated carbocycles. The van der Waals surface area contributed by atoms with E-state index < -0.39 is 12.3 Å². The summed E-state index contributed by atoms with van der Waals surface area (Å²) in [4.78, 5) is 10.7. The largest absolute Gasteiger partial charge is 0.478 e. The monoisotopic (exact) mass is 188 g/mol. The van der Waals surface area contributed by atoms with Crippen LogP contribution in [0.3, 0.4) is 0 Å². The molecule has 0 aromatic rings. The molecule has 0 saturated heterocycles. The Kier molecular flexibility index (Phi) is 5.34. The highest BCUT2D eigenvalue weighted by molar-refractivity contribution is 5.87. The van der Waals surface area contributed by atoms with Crippen molar-refractivity contribution < 1.29 is 19.4 Å². The van der Waals surface area contributed by atoms with E-state index in [2.05, 4.69) is 0 Å². The van der Waals surface area contributed by atoms with E-state index in [1.807, 2.05) is 0 Å². The molecular weight excluding hydrogens is 172 g/mol. The van der Waals surface area contributed by atoms with Crippen molar-refractivity contribution in [1.29, 1.82) is 0 Å². The summed E-state index contributed by atoms with van der Waals surface area (Å²) >= 11 is 0. The number of hydrogen-bond acceptors (Lipinski definition) is 3. The zero-order chi connectivity index (χ0) is 10.4. The zero-order valence-corrected chi connectivity index (χ0v) is 8.46. The first-order chi connectivity index (χ1) is 6.08. The molecule has 0 atom stereocenters. The normalized spacial score (nSPS) is 13.0. The highest BCUT2D eigenvalue weighted by Crippen LogP contribution is 2.15. The lowest BCUT2D eigenvalue weighted by Gasteiger charge is -2.16. The van der Waals surface area contributed by atoms with E-state index in [9.17, 15) is 4.79 Å². The van der Waals surface area contributed by atoms with Crippen molar-refractivity contribution in [2.45, 2.75) is 26.6 Å². The molecule has 0 aromatic carbocycles. The minimum Gasteiger partial charge on any atom is -0.478 e. The summed E-state index contributed by atoms with van der Waals surface area (Å²) in [5.41, 5.74) is 0.953. The lowest BCUT2D eigenvalue weighted by molar-refractivity contribution is -0.133. The molecule has 76 valence electrons. The molecule has 4 heteroatoms. The van der Waals surface area contributed by atoms with Gasteiger partial charge in [-0.2, -0.15) is 0 Å². The third kappa shape index (κ3) is 3.16. The molecule has 0 aliphatic carbocycles. The quantitative estimate of drug-likeness (QED) is 0.523. The first-order valence-electron chi connectivity index (χ1n) is 4.06. The first kappa shape index (κ1) is 12.1. The van der Waals surface area contributed by atoms with Gasteiger partial charge in [-0.15, -0.1) is 0 Å². The van der Waals surface area contributed by atoms with Crippen molar-refractivity contribution in [2.75, 3.05) is 14.2 Å². The molecule has 0 unspecified atom stereocenters. The van der Waals surface area contributed by atoms with E-state index in [1.165, 1.54) is 14.2 Å². The second kappa shape index (κ2) is 5.72. The highest BCUT2D eigenvalue weighted by atomic mass is 16.7. The third-order valence-corrected chi connectivity index (χ3v) is 1.87. The van der Waals surface area contributed by atoms with Gasteiger partial charge in [0.25, 0.3) is 0 Å². The van der Waals surface area contributed by atoms with E-state index in [1.54, 1.807) is 13.8 Å². The van der Waals surface area contributed by atoms with Crippen molar-refractivity contribution >= 4 is 5.97 Å². The highest BCUT2D eigenvalue weighted by Gasteiger charge is 2.16. The lowest BCUT2D eigenvalue weighted by Crippen LogP contribution is -2.18. The molecule has 1 N–H and O–H groups in total. The maximum absolute atomic E-state index is 10.7. The maximum atomic E-state index is 10.7. The fraction of sp³-hybridized carbons (Fsp3) is 0.667. The fourth-order valence-electron chi connectivity index (χ4n) is 1.19. The van der Waals surface area contributed by atoms with Gasteiger partial charge in [0.2, 0.25) is 0 Å². The molecule has 0 rings (SSSR count). The van der Waals surface area contributed by atoms with Gasteiger partial charge in [0.15, 0.2) is 6.29 Å². The molecule has 0 aliphatic heterocycles. The van der Waals surface area contributed by atoms with Crippen LogP contribution in [-0.4, -0.2) is 31.6 Å². The van der Waals surface area contributed by atoms with Gasteiger partial charge < -0.3 is 14.6 Å². The van der Waals surface area contributed by atoms with Gasteiger partial charge in [-0.05, 0) is 18.9 Å². The predicted molar refractivity (Wildman–Crippen MR) is 48.4 cm³/mol. The number of rotatable bonds is 5. The van der Waals surface area contributed by atoms with E-state index >= 15 is 0 Å². The van der Waals surface area contributed by atoms with Gasteiger partial charge in [0.05, 0.1) is 0 Å². The Morgan fingerprint density at radius 1 is 1.38 bits per heavy atom. The SMILES string of the molecule is CCC(C(=O)O)=C(C)C(OC)OC. The Morgan fingerprint density at radius 2 is 1.85 bits per heavy atom. The summed E-state index contributed by atoms with van der Waals surface area (Å²) in [7, 11) is 2.96. The minimum atomic E-state index is -0.917. The first-order valence-corrected chi connectivity index (χ1v) is 4.06. The summed E-state index contributed by atoms with van der Waals surface area (Å²) < 4.78 is 9.90. The molecular formula is C9H16O4. The Balaban J connectivity index is 4.81. The molecule has 0 fully saturated rings. The van der Waals surface area contributed by atoms with Crippen molar-refractivity contribution in [3.05, 3.63) is 11.1 Å². The molecule has 0 spiro atoms. The average molecular weight is 188 g/mol. The van der Waals surface area contributed by atoms with Crippen molar-refractivity contribution in [2.24, 2.45) is 0 Å². The van der Waals surface area contributed by atoms with Crippen LogP contribution in [0.1, 0.15) is 20.3 Å². The van der Waals surface area contributed by atoms with Gasteiger partial charge in [-0.25, -0.2) is 4.79 Å². The minimum absolute atomic E-state index is 0.341. The summed E-state index contributed by atoms with van der Waals surface area (Å²) in [6, 6.07) is 0. The molecule has 4 nitrogen and oxygen atoms in total. The van der Waals surface area contributed by atoms with Gasteiger partial charge in [0.1, 0.15) is 0 Å². The summed E-state index contributed by atoms with van der Waals surface area (Å²) in [6.07, 6.45) is -0.101. The summed E-state index contributed by atoms with van der Waals surface area (Å²) in [5.74, 6) is -0.917. The molecule has 0 heterocycles. The van der Waals surface area contributed by atoms with Crippen molar-refractivity contribution in [3.63, 3.8) is 0 Å². The van der Waals surface area contributed by atoms with Gasteiger partial charge in [-0.1, -0.05) is 6.92 Å². The average Bonchev–Trinajstić information content (AvgIpc) is 2.07. The standard InChI is InChI=1S/C9H16O4/c1-5-7(8(10)11)6(2)9(12-3)13-4/h9H,5H2,1-4H3,(H,10,11). The third-order valence-electron chi connectivity index (χ3n) is 1.87. The van der Waals surface area contributed by atoms with Crippen molar-refractivity contribution in [1.82, 2.24) is 0 Å². The fourth-order valence-corrected chi connectivity index (χ4v) is 1.19. The topological polar surface area (TPSA) is 55.8 Å². The number of carboxylic acids is 1. The Bertz CT molecular complexity index is 204. The Morgan fingerprint density at radius 3 is 2.08 bits per heavy atom. The van der Waals surface area contributed by atoms with Crippen LogP contribution in [0.25, 0.3) is 0 Å². The van der Waals surface area contributed by atoms with Crippen LogP contribution in [0.5, 0.6) is 0 Å². The Labute approximate surface area is 78.2 Å². The summed E-state index contributed by atoms with van der Waals surface area (Å²) in [5, 5.41) is 8.81. The Hall–Kier alpha value is -0.870. The van der Waals surface area contributed by atoms with Crippen LogP contribution < -0.4 is 0 Å². The number of ether oxygens (including phenoxy) is 2. The zero-order valence-electron chi connectivity index (χ0n) is 8.46. The van der Waals surface area contributed by atoms with Gasteiger partial charge in [0, 0.05) is 19.8 Å². The van der Waals surface area contributed by atoms with Crippen molar-refractivity contribution in [3.8, 4) is 0 Å². The molecule has 0 bridgehead atoms. The maximum Gasteiger partial charge on any atom is 0.331 e. The molecule has 0 amide bonds. The van der Waals surface area contributed by atoms with E-state index in [0.717, 1.165) is 0 Å². The van der Waals surface area contributed by atoms with Gasteiger partial charge in [-0.3, -0.25) is 0 Å². The second-order valence-corrected chi connectivity index (χ2v) is 2.62. The summed E-state index contributed by atoms with van der Waals surface area (Å²) in [6.45, 7) is 3.49. The van der Waals surface area contributed by atoms with Crippen LogP contribution in [0.4, 0.5) is 0 Å². The number of aliphatic carboxylic acids is 1. The predicted octanol–water partition coefficient (Wildman–Crippen LogP) is 1.42. The van der Waals surface area contributed by atoms with Gasteiger partial charge >= 0.3 is 5.97 Å². The van der Waals surface area contributed by atoms with Crippen LogP contribution in [0, 0.1) is 0 Å². The smallest absolute Gasteiger partial charge is 0.331 e. The van der Waals surface area contributed by atoms with Crippen LogP contribution in [0.2, 0.25) is 0 Å². The molecule has 0 aliphatic rings. The number of hydrogen-bond donors (Lipinski definition) is 1. The second-order valence-electron chi connectivity index (χ2n) is 2.62. The van der Waals surface area contributed by atoms with Crippen LogP contribution in [-0.2, 0) is 14.3 Å². The lowest BCUT2D eigenvalue weighted by atomic mass is 10.1. The number of carboxylic acid groups (broad SMARTS) is 1. The van der Waals surface area contributed by atoms with E-state index in [0.29, 0.717) is 17.6 Å². The van der Waals surface area contributed by atoms with E-state index in [4.69, 9.17) is 14.6 Å². The van der Waals surface area contributed by atoms with E-state index in [-0.39, 0.29) is 0 Å². The van der Waals surface area contributed by atoms with Crippen LogP contribution >= 0.6 is 0 Å². The number of methoxy groups -OCH3 is 2. The van der Waals surface area contributed by atoms with Crippen LogP contribution in [0.15, 0.2) is 11.1 Å². The molecule has 13 heavy (non-hydrogen) atoms.